The van der Waals surface area contributed by atoms with Gasteiger partial charge in [-0.25, -0.2) is 8.42 Å². The second-order valence-corrected chi connectivity index (χ2v) is 6.33. The summed E-state index contributed by atoms with van der Waals surface area (Å²) < 4.78 is 37.5. The van der Waals surface area contributed by atoms with Gasteiger partial charge in [0, 0.05) is 6.07 Å². The Hall–Kier alpha value is -2.81. The molecule has 0 aliphatic heterocycles. The van der Waals surface area contributed by atoms with Gasteiger partial charge in [0.1, 0.15) is 11.5 Å². The molecule has 0 fully saturated rings. The quantitative estimate of drug-likeness (QED) is 0.606. The van der Waals surface area contributed by atoms with Gasteiger partial charge in [0.15, 0.2) is 0 Å². The van der Waals surface area contributed by atoms with E-state index in [4.69, 9.17) is 9.47 Å². The van der Waals surface area contributed by atoms with Crippen molar-refractivity contribution < 1.29 is 22.8 Å². The van der Waals surface area contributed by atoms with E-state index in [1.807, 2.05) is 6.92 Å². The predicted octanol–water partition coefficient (Wildman–Crippen LogP) is 2.80. The number of benzene rings is 2. The number of nitrogens with one attached hydrogen (secondary N) is 1. The zero-order valence-corrected chi connectivity index (χ0v) is 13.9. The molecule has 0 radical (unpaired) electrons. The van der Waals surface area contributed by atoms with E-state index >= 15 is 0 Å². The summed E-state index contributed by atoms with van der Waals surface area (Å²) in [4.78, 5) is 10.2. The highest BCUT2D eigenvalue weighted by Crippen LogP contribution is 2.31. The number of hydrogen-bond acceptors (Lipinski definition) is 6. The van der Waals surface area contributed by atoms with E-state index in [-0.39, 0.29) is 22.0 Å². The van der Waals surface area contributed by atoms with Crippen molar-refractivity contribution in [3.05, 3.63) is 52.6 Å². The largest absolute Gasteiger partial charge is 0.494 e. The highest BCUT2D eigenvalue weighted by Gasteiger charge is 2.18. The Morgan fingerprint density at radius 2 is 1.83 bits per heavy atom. The molecule has 0 saturated carbocycles. The maximum atomic E-state index is 12.4. The molecule has 0 saturated heterocycles. The fourth-order valence-electron chi connectivity index (χ4n) is 1.96. The average Bonchev–Trinajstić information content (AvgIpc) is 2.55. The Labute approximate surface area is 139 Å². The zero-order chi connectivity index (χ0) is 17.7. The molecule has 24 heavy (non-hydrogen) atoms. The molecule has 128 valence electrons. The van der Waals surface area contributed by atoms with E-state index in [1.165, 1.54) is 31.4 Å². The van der Waals surface area contributed by atoms with E-state index in [0.717, 1.165) is 6.07 Å². The Bertz CT molecular complexity index is 834. The van der Waals surface area contributed by atoms with Crippen LogP contribution >= 0.6 is 0 Å². The van der Waals surface area contributed by atoms with Gasteiger partial charge in [-0.2, -0.15) is 0 Å². The lowest BCUT2D eigenvalue weighted by atomic mass is 10.2. The molecule has 8 nitrogen and oxygen atoms in total. The maximum Gasteiger partial charge on any atom is 0.273 e. The minimum atomic E-state index is -3.87. The Morgan fingerprint density at radius 3 is 2.38 bits per heavy atom. The van der Waals surface area contributed by atoms with Crippen LogP contribution in [-0.2, 0) is 10.0 Å². The van der Waals surface area contributed by atoms with Gasteiger partial charge >= 0.3 is 0 Å². The number of ether oxygens (including phenoxy) is 2. The standard InChI is InChI=1S/C15H16N2O6S/c1-3-23-12-5-7-13(8-6-12)24(20,21)16-14-9-4-11(17(18)19)10-15(14)22-2/h4-10,16H,3H2,1-2H3. The van der Waals surface area contributed by atoms with Crippen LogP contribution < -0.4 is 14.2 Å². The van der Waals surface area contributed by atoms with Crippen LogP contribution in [0, 0.1) is 10.1 Å². The Balaban J connectivity index is 2.30. The lowest BCUT2D eigenvalue weighted by Gasteiger charge is -2.12. The normalized spacial score (nSPS) is 10.9. The third-order valence-corrected chi connectivity index (χ3v) is 4.47. The zero-order valence-electron chi connectivity index (χ0n) is 13.1. The second-order valence-electron chi connectivity index (χ2n) is 4.65. The number of non-ortho nitro benzene ring substituents is 1. The number of nitro groups is 1. The molecule has 0 spiro atoms. The molecule has 2 aromatic rings. The van der Waals surface area contributed by atoms with E-state index in [9.17, 15) is 18.5 Å². The predicted molar refractivity (Wildman–Crippen MR) is 88.1 cm³/mol. The lowest BCUT2D eigenvalue weighted by molar-refractivity contribution is -0.384. The topological polar surface area (TPSA) is 108 Å². The van der Waals surface area contributed by atoms with E-state index in [0.29, 0.717) is 12.4 Å². The summed E-state index contributed by atoms with van der Waals surface area (Å²) in [6.07, 6.45) is 0. The summed E-state index contributed by atoms with van der Waals surface area (Å²) in [6.45, 7) is 2.30. The summed E-state index contributed by atoms with van der Waals surface area (Å²) in [5, 5.41) is 10.8. The van der Waals surface area contributed by atoms with Crippen molar-refractivity contribution >= 4 is 21.4 Å². The number of nitro benzene ring substituents is 1. The molecule has 9 heteroatoms. The van der Waals surface area contributed by atoms with Crippen molar-refractivity contribution in [3.8, 4) is 11.5 Å². The molecule has 0 amide bonds. The number of sulfonamides is 1. The maximum absolute atomic E-state index is 12.4. The molecule has 0 aliphatic rings. The fraction of sp³-hybridized carbons (Fsp3) is 0.200. The number of methoxy groups -OCH3 is 1. The third kappa shape index (κ3) is 3.93. The van der Waals surface area contributed by atoms with Crippen LogP contribution in [0.3, 0.4) is 0 Å². The minimum absolute atomic E-state index is 0.0337. The first kappa shape index (κ1) is 17.5. The number of rotatable bonds is 7. The van der Waals surface area contributed by atoms with Crippen LogP contribution in [0.4, 0.5) is 11.4 Å². The van der Waals surface area contributed by atoms with Crippen LogP contribution in [-0.4, -0.2) is 27.1 Å². The number of anilines is 1. The Kier molecular flexibility index (Phi) is 5.24. The molecule has 0 aromatic heterocycles. The van der Waals surface area contributed by atoms with Gasteiger partial charge in [-0.15, -0.1) is 0 Å². The summed E-state index contributed by atoms with van der Waals surface area (Å²) in [6, 6.07) is 9.53. The van der Waals surface area contributed by atoms with E-state index in [1.54, 1.807) is 12.1 Å². The van der Waals surface area contributed by atoms with Crippen LogP contribution in [0.1, 0.15) is 6.92 Å². The number of hydrogen-bond donors (Lipinski definition) is 1. The molecule has 2 rings (SSSR count). The van der Waals surface area contributed by atoms with Crippen molar-refractivity contribution in [2.24, 2.45) is 0 Å². The highest BCUT2D eigenvalue weighted by atomic mass is 32.2. The molecule has 1 N–H and O–H groups in total. The SMILES string of the molecule is CCOc1ccc(S(=O)(=O)Nc2ccc([N+](=O)[O-])cc2OC)cc1. The first-order valence-electron chi connectivity index (χ1n) is 6.95. The molecular weight excluding hydrogens is 336 g/mol. The van der Waals surface area contributed by atoms with Gasteiger partial charge in [-0.05, 0) is 37.3 Å². The van der Waals surface area contributed by atoms with Crippen LogP contribution in [0.15, 0.2) is 47.4 Å². The molecule has 0 atom stereocenters. The van der Waals surface area contributed by atoms with Crippen molar-refractivity contribution in [1.29, 1.82) is 0 Å². The minimum Gasteiger partial charge on any atom is -0.494 e. The average molecular weight is 352 g/mol. The summed E-state index contributed by atoms with van der Waals surface area (Å²) in [5.41, 5.74) is -0.0900. The van der Waals surface area contributed by atoms with Crippen molar-refractivity contribution in [2.75, 3.05) is 18.4 Å². The lowest BCUT2D eigenvalue weighted by Crippen LogP contribution is -2.13. The van der Waals surface area contributed by atoms with Gasteiger partial charge in [0.2, 0.25) is 0 Å². The molecule has 0 heterocycles. The smallest absolute Gasteiger partial charge is 0.273 e. The van der Waals surface area contributed by atoms with Crippen LogP contribution in [0.25, 0.3) is 0 Å². The van der Waals surface area contributed by atoms with E-state index < -0.39 is 14.9 Å². The van der Waals surface area contributed by atoms with E-state index in [2.05, 4.69) is 4.72 Å². The van der Waals surface area contributed by atoms with Crippen LogP contribution in [0.2, 0.25) is 0 Å². The van der Waals surface area contributed by atoms with Gasteiger partial charge < -0.3 is 9.47 Å². The third-order valence-electron chi connectivity index (χ3n) is 3.09. The first-order chi connectivity index (χ1) is 11.4. The van der Waals surface area contributed by atoms with Crippen molar-refractivity contribution in [3.63, 3.8) is 0 Å². The second kappa shape index (κ2) is 7.18. The molecular formula is C15H16N2O6S. The van der Waals surface area contributed by atoms with Crippen LogP contribution in [0.5, 0.6) is 11.5 Å². The summed E-state index contributed by atoms with van der Waals surface area (Å²) >= 11 is 0. The van der Waals surface area contributed by atoms with Gasteiger partial charge in [0.25, 0.3) is 15.7 Å². The van der Waals surface area contributed by atoms with Crippen molar-refractivity contribution in [2.45, 2.75) is 11.8 Å². The van der Waals surface area contributed by atoms with Gasteiger partial charge in [-0.1, -0.05) is 0 Å². The van der Waals surface area contributed by atoms with Gasteiger partial charge in [-0.3, -0.25) is 14.8 Å². The first-order valence-corrected chi connectivity index (χ1v) is 8.44. The highest BCUT2D eigenvalue weighted by molar-refractivity contribution is 7.92. The summed E-state index contributed by atoms with van der Waals surface area (Å²) in [7, 11) is -2.57. The molecule has 0 unspecified atom stereocenters. The fourth-order valence-corrected chi connectivity index (χ4v) is 3.03. The molecule has 2 aromatic carbocycles. The molecule has 0 aliphatic carbocycles. The number of nitrogens with zero attached hydrogens (tertiary/aromatic N) is 1. The monoisotopic (exact) mass is 352 g/mol. The Morgan fingerprint density at radius 1 is 1.17 bits per heavy atom. The van der Waals surface area contributed by atoms with Crippen molar-refractivity contribution in [1.82, 2.24) is 0 Å². The van der Waals surface area contributed by atoms with Gasteiger partial charge in [0.05, 0.1) is 35.3 Å². The molecule has 0 bridgehead atoms. The summed E-state index contributed by atoms with van der Waals surface area (Å²) in [5.74, 6) is 0.614.